The number of Topliss-reactive ketones (excluding diaryl/α,β-unsaturated/α-hetero) is 1. The van der Waals surface area contributed by atoms with Crippen LogP contribution < -0.4 is 0 Å². The number of ether oxygens (including phenoxy) is 1. The SMILES string of the molecule is CCOC(=O)C1CCCC2=CC(=O)[C@H]3[C@@H]4CCC(=O)[C@@]4(C)CC[C@@H]3[C@]21C. The lowest BCUT2D eigenvalue weighted by Crippen LogP contribution is -2.56. The Hall–Kier alpha value is -1.45. The van der Waals surface area contributed by atoms with Gasteiger partial charge in [0.05, 0.1) is 12.5 Å². The Labute approximate surface area is 155 Å². The predicted octanol–water partition coefficient (Wildman–Crippen LogP) is 3.88. The maximum absolute atomic E-state index is 13.1. The molecule has 3 fully saturated rings. The predicted molar refractivity (Wildman–Crippen MR) is 97.2 cm³/mol. The van der Waals surface area contributed by atoms with Crippen molar-refractivity contribution in [2.24, 2.45) is 34.5 Å². The Morgan fingerprint density at radius 3 is 2.65 bits per heavy atom. The summed E-state index contributed by atoms with van der Waals surface area (Å²) in [6, 6.07) is 0. The molecule has 26 heavy (non-hydrogen) atoms. The molecule has 0 aliphatic heterocycles. The highest BCUT2D eigenvalue weighted by atomic mass is 16.5. The molecule has 4 aliphatic carbocycles. The average Bonchev–Trinajstić information content (AvgIpc) is 2.90. The smallest absolute Gasteiger partial charge is 0.309 e. The van der Waals surface area contributed by atoms with Crippen LogP contribution in [0.2, 0.25) is 0 Å². The Balaban J connectivity index is 1.77. The lowest BCUT2D eigenvalue weighted by Gasteiger charge is -2.57. The van der Waals surface area contributed by atoms with Crippen LogP contribution in [0.1, 0.15) is 65.7 Å². The Morgan fingerprint density at radius 2 is 1.92 bits per heavy atom. The van der Waals surface area contributed by atoms with Gasteiger partial charge in [0.1, 0.15) is 5.78 Å². The first-order chi connectivity index (χ1) is 12.3. The minimum Gasteiger partial charge on any atom is -0.466 e. The summed E-state index contributed by atoms with van der Waals surface area (Å²) < 4.78 is 5.42. The molecule has 0 spiro atoms. The van der Waals surface area contributed by atoms with Crippen molar-refractivity contribution >= 4 is 17.5 Å². The third-order valence-electron chi connectivity index (χ3n) is 8.32. The van der Waals surface area contributed by atoms with Gasteiger partial charge in [0, 0.05) is 23.2 Å². The Kier molecular flexibility index (Phi) is 4.16. The van der Waals surface area contributed by atoms with Crippen LogP contribution in [0.4, 0.5) is 0 Å². The topological polar surface area (TPSA) is 60.4 Å². The lowest BCUT2D eigenvalue weighted by atomic mass is 9.45. The molecule has 6 atom stereocenters. The van der Waals surface area contributed by atoms with Crippen molar-refractivity contribution in [3.8, 4) is 0 Å². The lowest BCUT2D eigenvalue weighted by molar-refractivity contribution is -0.161. The van der Waals surface area contributed by atoms with Gasteiger partial charge in [-0.3, -0.25) is 14.4 Å². The van der Waals surface area contributed by atoms with Gasteiger partial charge < -0.3 is 4.74 Å². The van der Waals surface area contributed by atoms with Crippen molar-refractivity contribution < 1.29 is 19.1 Å². The van der Waals surface area contributed by atoms with Crippen molar-refractivity contribution in [2.45, 2.75) is 65.7 Å². The summed E-state index contributed by atoms with van der Waals surface area (Å²) in [4.78, 5) is 38.4. The first kappa shape index (κ1) is 17.9. The van der Waals surface area contributed by atoms with E-state index >= 15 is 0 Å². The standard InChI is InChI=1S/C22H30O4/c1-4-26-20(25)16-7-5-6-13-12-17(23)19-14-8-9-18(24)21(14,2)11-10-15(19)22(13,16)3/h12,14-16,19H,4-11H2,1-3H3/t14-,15-,16?,19-,21-,22-/m0/s1. The second kappa shape index (κ2) is 6.03. The van der Waals surface area contributed by atoms with Crippen LogP contribution in [0.15, 0.2) is 11.6 Å². The van der Waals surface area contributed by atoms with E-state index in [-0.39, 0.29) is 46.3 Å². The Morgan fingerprint density at radius 1 is 1.15 bits per heavy atom. The summed E-state index contributed by atoms with van der Waals surface area (Å²) >= 11 is 0. The molecule has 4 heteroatoms. The van der Waals surface area contributed by atoms with Crippen molar-refractivity contribution in [2.75, 3.05) is 6.61 Å². The number of hydrogen-bond acceptors (Lipinski definition) is 4. The van der Waals surface area contributed by atoms with E-state index in [9.17, 15) is 14.4 Å². The molecule has 0 heterocycles. The van der Waals surface area contributed by atoms with Crippen LogP contribution >= 0.6 is 0 Å². The molecule has 0 aromatic carbocycles. The molecule has 4 nitrogen and oxygen atoms in total. The van der Waals surface area contributed by atoms with Gasteiger partial charge in [-0.2, -0.15) is 0 Å². The zero-order valence-electron chi connectivity index (χ0n) is 16.2. The summed E-state index contributed by atoms with van der Waals surface area (Å²) in [5, 5.41) is 0. The van der Waals surface area contributed by atoms with Gasteiger partial charge in [0.15, 0.2) is 5.78 Å². The molecule has 4 aliphatic rings. The second-order valence-electron chi connectivity index (χ2n) is 9.21. The van der Waals surface area contributed by atoms with Gasteiger partial charge >= 0.3 is 5.97 Å². The fourth-order valence-corrected chi connectivity index (χ4v) is 6.87. The van der Waals surface area contributed by atoms with E-state index in [1.165, 1.54) is 0 Å². The molecule has 4 rings (SSSR count). The van der Waals surface area contributed by atoms with E-state index < -0.39 is 0 Å². The van der Waals surface area contributed by atoms with E-state index in [2.05, 4.69) is 13.8 Å². The van der Waals surface area contributed by atoms with Crippen LogP contribution in [0, 0.1) is 34.5 Å². The minimum atomic E-state index is -0.341. The fraction of sp³-hybridized carbons (Fsp3) is 0.773. The number of rotatable bonds is 2. The van der Waals surface area contributed by atoms with E-state index in [1.807, 2.05) is 13.0 Å². The zero-order valence-corrected chi connectivity index (χ0v) is 16.2. The number of carbonyl (C=O) groups is 3. The van der Waals surface area contributed by atoms with Gasteiger partial charge in [-0.05, 0) is 63.4 Å². The molecule has 0 saturated heterocycles. The average molecular weight is 358 g/mol. The molecule has 0 bridgehead atoms. The maximum atomic E-state index is 13.1. The molecular formula is C22H30O4. The third kappa shape index (κ3) is 2.23. The third-order valence-corrected chi connectivity index (χ3v) is 8.32. The van der Waals surface area contributed by atoms with Gasteiger partial charge in [-0.25, -0.2) is 0 Å². The van der Waals surface area contributed by atoms with Crippen molar-refractivity contribution in [3.63, 3.8) is 0 Å². The van der Waals surface area contributed by atoms with Crippen LogP contribution in [-0.4, -0.2) is 24.1 Å². The monoisotopic (exact) mass is 358 g/mol. The van der Waals surface area contributed by atoms with Crippen molar-refractivity contribution in [1.82, 2.24) is 0 Å². The van der Waals surface area contributed by atoms with E-state index in [4.69, 9.17) is 4.74 Å². The van der Waals surface area contributed by atoms with E-state index in [1.54, 1.807) is 0 Å². The van der Waals surface area contributed by atoms with Gasteiger partial charge in [-0.1, -0.05) is 19.4 Å². The number of esters is 1. The Bertz CT molecular complexity index is 692. The number of fused-ring (bicyclic) bond motifs is 5. The largest absolute Gasteiger partial charge is 0.466 e. The van der Waals surface area contributed by atoms with Gasteiger partial charge in [0.2, 0.25) is 0 Å². The fourth-order valence-electron chi connectivity index (χ4n) is 6.87. The summed E-state index contributed by atoms with van der Waals surface area (Å²) in [6.45, 7) is 6.51. The highest BCUT2D eigenvalue weighted by Crippen LogP contribution is 2.64. The van der Waals surface area contributed by atoms with Crippen LogP contribution in [0.5, 0.6) is 0 Å². The highest BCUT2D eigenvalue weighted by molar-refractivity contribution is 5.97. The molecule has 0 N–H and O–H groups in total. The first-order valence-corrected chi connectivity index (χ1v) is 10.3. The second-order valence-corrected chi connectivity index (χ2v) is 9.21. The van der Waals surface area contributed by atoms with Crippen molar-refractivity contribution in [3.05, 3.63) is 11.6 Å². The summed E-state index contributed by atoms with van der Waals surface area (Å²) in [7, 11) is 0. The van der Waals surface area contributed by atoms with Gasteiger partial charge in [-0.15, -0.1) is 0 Å². The summed E-state index contributed by atoms with van der Waals surface area (Å²) in [5.41, 5.74) is 0.517. The van der Waals surface area contributed by atoms with E-state index in [0.29, 0.717) is 18.8 Å². The quantitative estimate of drug-likeness (QED) is 0.703. The molecule has 142 valence electrons. The summed E-state index contributed by atoms with van der Waals surface area (Å²) in [6.07, 6.45) is 7.67. The molecule has 1 unspecified atom stereocenters. The molecule has 0 aromatic heterocycles. The minimum absolute atomic E-state index is 0.107. The van der Waals surface area contributed by atoms with Crippen LogP contribution in [0.25, 0.3) is 0 Å². The van der Waals surface area contributed by atoms with Gasteiger partial charge in [0.25, 0.3) is 0 Å². The molecule has 0 radical (unpaired) electrons. The number of carbonyl (C=O) groups excluding carboxylic acids is 3. The van der Waals surface area contributed by atoms with Crippen LogP contribution in [-0.2, 0) is 19.1 Å². The molecule has 3 saturated carbocycles. The molecule has 0 aromatic rings. The van der Waals surface area contributed by atoms with Crippen LogP contribution in [0.3, 0.4) is 0 Å². The number of allylic oxidation sites excluding steroid dienone is 2. The number of hydrogen-bond donors (Lipinski definition) is 0. The number of ketones is 2. The summed E-state index contributed by atoms with van der Waals surface area (Å²) in [5.74, 6) is 0.462. The molecule has 0 amide bonds. The zero-order chi connectivity index (χ0) is 18.7. The van der Waals surface area contributed by atoms with E-state index in [0.717, 1.165) is 44.1 Å². The van der Waals surface area contributed by atoms with Crippen molar-refractivity contribution in [1.29, 1.82) is 0 Å². The normalized spacial score (nSPS) is 44.7. The highest BCUT2D eigenvalue weighted by Gasteiger charge is 2.63. The first-order valence-electron chi connectivity index (χ1n) is 10.3. The maximum Gasteiger partial charge on any atom is 0.309 e. The molecular weight excluding hydrogens is 328 g/mol.